The molecule has 0 aliphatic carbocycles. The molecule has 1 atom stereocenters. The van der Waals surface area contributed by atoms with Gasteiger partial charge in [-0.1, -0.05) is 30.0 Å². The third kappa shape index (κ3) is 3.69. The SMILES string of the molecule is CCOC(=O)c1ccc2c(c1)nc(SCC(=O)N1c3ccccc3C[C@H]1C)n2CC. The van der Waals surface area contributed by atoms with Crippen molar-refractivity contribution in [3.05, 3.63) is 53.6 Å². The Morgan fingerprint density at radius 2 is 2.00 bits per heavy atom. The predicted molar refractivity (Wildman–Crippen MR) is 119 cm³/mol. The van der Waals surface area contributed by atoms with E-state index in [1.807, 2.05) is 36.1 Å². The van der Waals surface area contributed by atoms with Gasteiger partial charge in [-0.3, -0.25) is 4.79 Å². The number of nitrogens with zero attached hydrogens (tertiary/aromatic N) is 3. The molecule has 1 aliphatic rings. The van der Waals surface area contributed by atoms with Gasteiger partial charge >= 0.3 is 5.97 Å². The lowest BCUT2D eigenvalue weighted by atomic mass is 10.1. The molecule has 0 saturated heterocycles. The number of ether oxygens (including phenoxy) is 1. The van der Waals surface area contributed by atoms with Crippen LogP contribution in [-0.4, -0.2) is 39.8 Å². The zero-order chi connectivity index (χ0) is 21.3. The first kappa shape index (κ1) is 20.5. The van der Waals surface area contributed by atoms with Gasteiger partial charge in [0.1, 0.15) is 0 Å². The first-order valence-electron chi connectivity index (χ1n) is 10.2. The van der Waals surface area contributed by atoms with E-state index in [-0.39, 0.29) is 17.9 Å². The lowest BCUT2D eigenvalue weighted by molar-refractivity contribution is -0.116. The van der Waals surface area contributed by atoms with Crippen molar-refractivity contribution >= 4 is 40.4 Å². The molecule has 0 radical (unpaired) electrons. The molecule has 0 N–H and O–H groups in total. The van der Waals surface area contributed by atoms with Gasteiger partial charge in [-0.2, -0.15) is 0 Å². The fourth-order valence-corrected chi connectivity index (χ4v) is 4.94. The maximum atomic E-state index is 13.0. The Morgan fingerprint density at radius 1 is 1.20 bits per heavy atom. The summed E-state index contributed by atoms with van der Waals surface area (Å²) in [7, 11) is 0. The highest BCUT2D eigenvalue weighted by Gasteiger charge is 2.30. The number of carbonyl (C=O) groups is 2. The van der Waals surface area contributed by atoms with Crippen LogP contribution in [0.3, 0.4) is 0 Å². The second-order valence-corrected chi connectivity index (χ2v) is 8.24. The molecule has 1 amide bonds. The van der Waals surface area contributed by atoms with Gasteiger partial charge in [-0.05, 0) is 57.0 Å². The van der Waals surface area contributed by atoms with E-state index in [0.717, 1.165) is 34.8 Å². The number of fused-ring (bicyclic) bond motifs is 2. The van der Waals surface area contributed by atoms with Crippen molar-refractivity contribution in [1.82, 2.24) is 9.55 Å². The van der Waals surface area contributed by atoms with Crippen molar-refractivity contribution in [3.63, 3.8) is 0 Å². The quantitative estimate of drug-likeness (QED) is 0.437. The van der Waals surface area contributed by atoms with Gasteiger partial charge in [0.2, 0.25) is 5.91 Å². The van der Waals surface area contributed by atoms with E-state index in [0.29, 0.717) is 17.9 Å². The molecule has 7 heteroatoms. The van der Waals surface area contributed by atoms with Crippen LogP contribution < -0.4 is 4.90 Å². The summed E-state index contributed by atoms with van der Waals surface area (Å²) in [5.74, 6) is 0.0445. The van der Waals surface area contributed by atoms with E-state index in [1.165, 1.54) is 17.3 Å². The van der Waals surface area contributed by atoms with E-state index in [9.17, 15) is 9.59 Å². The highest BCUT2D eigenvalue weighted by Crippen LogP contribution is 2.33. The summed E-state index contributed by atoms with van der Waals surface area (Å²) in [5, 5.41) is 0.780. The van der Waals surface area contributed by atoms with Crippen LogP contribution in [0.15, 0.2) is 47.6 Å². The second-order valence-electron chi connectivity index (χ2n) is 7.30. The summed E-state index contributed by atoms with van der Waals surface area (Å²) >= 11 is 1.44. The number of hydrogen-bond acceptors (Lipinski definition) is 5. The molecule has 156 valence electrons. The molecule has 1 aromatic heterocycles. The van der Waals surface area contributed by atoms with Gasteiger partial charge in [0.25, 0.3) is 0 Å². The summed E-state index contributed by atoms with van der Waals surface area (Å²) in [4.78, 5) is 31.7. The maximum Gasteiger partial charge on any atom is 0.338 e. The van der Waals surface area contributed by atoms with Crippen molar-refractivity contribution in [2.24, 2.45) is 0 Å². The monoisotopic (exact) mass is 423 g/mol. The van der Waals surface area contributed by atoms with Crippen molar-refractivity contribution in [3.8, 4) is 0 Å². The summed E-state index contributed by atoms with van der Waals surface area (Å²) in [6.45, 7) is 6.98. The number of aryl methyl sites for hydroxylation is 1. The number of anilines is 1. The Hall–Kier alpha value is -2.80. The number of amides is 1. The second kappa shape index (κ2) is 8.52. The molecule has 0 spiro atoms. The largest absolute Gasteiger partial charge is 0.462 e. The van der Waals surface area contributed by atoms with Crippen LogP contribution in [0.1, 0.15) is 36.7 Å². The summed E-state index contributed by atoms with van der Waals surface area (Å²) < 4.78 is 7.16. The van der Waals surface area contributed by atoms with Crippen LogP contribution in [0.2, 0.25) is 0 Å². The molecule has 3 aromatic rings. The summed E-state index contributed by atoms with van der Waals surface area (Å²) in [6, 6.07) is 13.7. The van der Waals surface area contributed by atoms with E-state index in [4.69, 9.17) is 9.72 Å². The number of benzene rings is 2. The van der Waals surface area contributed by atoms with Crippen LogP contribution in [-0.2, 0) is 22.5 Å². The van der Waals surface area contributed by atoms with Crippen molar-refractivity contribution in [1.29, 1.82) is 0 Å². The number of para-hydroxylation sites is 1. The van der Waals surface area contributed by atoms with Crippen LogP contribution >= 0.6 is 11.8 Å². The Labute approximate surface area is 180 Å². The lowest BCUT2D eigenvalue weighted by Gasteiger charge is -2.22. The Kier molecular flexibility index (Phi) is 5.81. The van der Waals surface area contributed by atoms with Gasteiger partial charge in [0, 0.05) is 18.3 Å². The number of carbonyl (C=O) groups excluding carboxylic acids is 2. The molecule has 2 aromatic carbocycles. The number of aromatic nitrogens is 2. The zero-order valence-corrected chi connectivity index (χ0v) is 18.2. The smallest absolute Gasteiger partial charge is 0.338 e. The molecular weight excluding hydrogens is 398 g/mol. The van der Waals surface area contributed by atoms with E-state index in [1.54, 1.807) is 19.1 Å². The highest BCUT2D eigenvalue weighted by molar-refractivity contribution is 7.99. The summed E-state index contributed by atoms with van der Waals surface area (Å²) in [6.07, 6.45) is 0.886. The van der Waals surface area contributed by atoms with E-state index >= 15 is 0 Å². The van der Waals surface area contributed by atoms with E-state index < -0.39 is 0 Å². The third-order valence-corrected chi connectivity index (χ3v) is 6.30. The molecular formula is C23H25N3O3S. The molecule has 0 saturated carbocycles. The van der Waals surface area contributed by atoms with Crippen LogP contribution in [0, 0.1) is 0 Å². The maximum absolute atomic E-state index is 13.0. The first-order valence-corrected chi connectivity index (χ1v) is 11.2. The number of esters is 1. The zero-order valence-electron chi connectivity index (χ0n) is 17.4. The van der Waals surface area contributed by atoms with Gasteiger partial charge in [0.15, 0.2) is 5.16 Å². The normalized spacial score (nSPS) is 15.4. The van der Waals surface area contributed by atoms with Gasteiger partial charge < -0.3 is 14.2 Å². The Balaban J connectivity index is 1.55. The van der Waals surface area contributed by atoms with E-state index in [2.05, 4.69) is 17.6 Å². The van der Waals surface area contributed by atoms with Crippen LogP contribution in [0.5, 0.6) is 0 Å². The standard InChI is InChI=1S/C23H25N3O3S/c1-4-25-20-11-10-17(22(28)29-5-2)13-18(20)24-23(25)30-14-21(27)26-15(3)12-16-8-6-7-9-19(16)26/h6-11,13,15H,4-5,12,14H2,1-3H3/t15-/m1/s1. The van der Waals surface area contributed by atoms with Gasteiger partial charge in [-0.15, -0.1) is 0 Å². The van der Waals surface area contributed by atoms with Crippen molar-refractivity contribution in [2.75, 3.05) is 17.3 Å². The topological polar surface area (TPSA) is 64.4 Å². The lowest BCUT2D eigenvalue weighted by Crippen LogP contribution is -2.37. The van der Waals surface area contributed by atoms with Gasteiger partial charge in [-0.25, -0.2) is 9.78 Å². The number of imidazole rings is 1. The number of thioether (sulfide) groups is 1. The van der Waals surface area contributed by atoms with Gasteiger partial charge in [0.05, 0.1) is 29.0 Å². The van der Waals surface area contributed by atoms with Crippen LogP contribution in [0.25, 0.3) is 11.0 Å². The first-order chi connectivity index (χ1) is 14.5. The molecule has 4 rings (SSSR count). The minimum atomic E-state index is -0.350. The molecule has 30 heavy (non-hydrogen) atoms. The fourth-order valence-electron chi connectivity index (χ4n) is 4.01. The molecule has 6 nitrogen and oxygen atoms in total. The van der Waals surface area contributed by atoms with Crippen molar-refractivity contribution < 1.29 is 14.3 Å². The molecule has 0 unspecified atom stereocenters. The average molecular weight is 424 g/mol. The summed E-state index contributed by atoms with van der Waals surface area (Å²) in [5.41, 5.74) is 4.40. The number of hydrogen-bond donors (Lipinski definition) is 0. The van der Waals surface area contributed by atoms with Crippen molar-refractivity contribution in [2.45, 2.75) is 44.9 Å². The predicted octanol–water partition coefficient (Wildman–Crippen LogP) is 4.30. The average Bonchev–Trinajstić information content (AvgIpc) is 3.27. The third-order valence-electron chi connectivity index (χ3n) is 5.34. The molecule has 1 aliphatic heterocycles. The minimum Gasteiger partial charge on any atom is -0.462 e. The fraction of sp³-hybridized carbons (Fsp3) is 0.348. The number of rotatable bonds is 6. The highest BCUT2D eigenvalue weighted by atomic mass is 32.2. The van der Waals surface area contributed by atoms with Crippen LogP contribution in [0.4, 0.5) is 5.69 Å². The Bertz CT molecular complexity index is 1110. The molecule has 0 fully saturated rings. The Morgan fingerprint density at radius 3 is 2.77 bits per heavy atom. The molecule has 0 bridgehead atoms. The minimum absolute atomic E-state index is 0.0828. The molecule has 2 heterocycles.